The van der Waals surface area contributed by atoms with Crippen LogP contribution in [-0.2, 0) is 4.79 Å². The third kappa shape index (κ3) is 5.54. The number of hydrogen-bond donors (Lipinski definition) is 1. The highest BCUT2D eigenvalue weighted by Gasteiger charge is 2.24. The van der Waals surface area contributed by atoms with Crippen molar-refractivity contribution in [2.45, 2.75) is 52.4 Å². The molecule has 2 heterocycles. The Morgan fingerprint density at radius 1 is 1.05 bits per heavy atom. The molecule has 1 N–H and O–H groups in total. The summed E-state index contributed by atoms with van der Waals surface area (Å²) in [5.74, 6) is 1.96. The van der Waals surface area contributed by atoms with Gasteiger partial charge in [-0.1, -0.05) is 13.8 Å². The quantitative estimate of drug-likeness (QED) is 0.784. The lowest BCUT2D eigenvalue weighted by molar-refractivity contribution is -0.133. The van der Waals surface area contributed by atoms with Gasteiger partial charge >= 0.3 is 0 Å². The second-order valence-corrected chi connectivity index (χ2v) is 7.04. The molecule has 2 aliphatic rings. The monoisotopic (exact) mass is 309 g/mol. The van der Waals surface area contributed by atoms with Gasteiger partial charge in [0.15, 0.2) is 0 Å². The van der Waals surface area contributed by atoms with E-state index < -0.39 is 0 Å². The van der Waals surface area contributed by atoms with Crippen LogP contribution >= 0.6 is 0 Å². The first kappa shape index (κ1) is 17.7. The second-order valence-electron chi connectivity index (χ2n) is 7.04. The highest BCUT2D eigenvalue weighted by molar-refractivity contribution is 5.76. The fourth-order valence-corrected chi connectivity index (χ4v) is 3.87. The van der Waals surface area contributed by atoms with Crippen LogP contribution in [0, 0.1) is 11.8 Å². The van der Waals surface area contributed by atoms with Crippen molar-refractivity contribution in [3.05, 3.63) is 0 Å². The van der Waals surface area contributed by atoms with Gasteiger partial charge < -0.3 is 15.1 Å². The first-order valence-corrected chi connectivity index (χ1v) is 9.43. The largest absolute Gasteiger partial charge is 0.343 e. The number of nitrogens with one attached hydrogen (secondary N) is 1. The summed E-state index contributed by atoms with van der Waals surface area (Å²) in [7, 11) is 0. The second kappa shape index (κ2) is 9.51. The maximum absolute atomic E-state index is 12.4. The van der Waals surface area contributed by atoms with Crippen molar-refractivity contribution >= 4 is 5.91 Å². The van der Waals surface area contributed by atoms with Crippen molar-refractivity contribution in [2.24, 2.45) is 11.8 Å². The number of carbonyl (C=O) groups excluding carboxylic acids is 1. The fourth-order valence-electron chi connectivity index (χ4n) is 3.87. The van der Waals surface area contributed by atoms with Crippen LogP contribution in [0.1, 0.15) is 52.4 Å². The average molecular weight is 309 g/mol. The zero-order valence-corrected chi connectivity index (χ0v) is 14.6. The van der Waals surface area contributed by atoms with Gasteiger partial charge in [-0.25, -0.2) is 0 Å². The molecule has 0 unspecified atom stereocenters. The van der Waals surface area contributed by atoms with Gasteiger partial charge in [0.2, 0.25) is 5.91 Å². The molecule has 2 saturated heterocycles. The lowest BCUT2D eigenvalue weighted by Crippen LogP contribution is -2.41. The van der Waals surface area contributed by atoms with Crippen molar-refractivity contribution < 1.29 is 4.79 Å². The van der Waals surface area contributed by atoms with Crippen molar-refractivity contribution in [3.63, 3.8) is 0 Å². The molecule has 4 heteroatoms. The summed E-state index contributed by atoms with van der Waals surface area (Å²) < 4.78 is 0. The van der Waals surface area contributed by atoms with Gasteiger partial charge in [0.05, 0.1) is 0 Å². The van der Waals surface area contributed by atoms with Gasteiger partial charge in [0.25, 0.3) is 0 Å². The summed E-state index contributed by atoms with van der Waals surface area (Å²) in [5.41, 5.74) is 0. The first-order chi connectivity index (χ1) is 10.7. The molecule has 1 amide bonds. The Morgan fingerprint density at radius 3 is 2.27 bits per heavy atom. The Labute approximate surface area is 136 Å². The summed E-state index contributed by atoms with van der Waals surface area (Å²) in [6.45, 7) is 12.2. The van der Waals surface area contributed by atoms with Crippen molar-refractivity contribution in [3.8, 4) is 0 Å². The van der Waals surface area contributed by atoms with E-state index in [-0.39, 0.29) is 0 Å². The van der Waals surface area contributed by atoms with Gasteiger partial charge in [-0.2, -0.15) is 0 Å². The third-order valence-corrected chi connectivity index (χ3v) is 5.60. The van der Waals surface area contributed by atoms with Crippen molar-refractivity contribution in [2.75, 3.05) is 45.8 Å². The molecule has 22 heavy (non-hydrogen) atoms. The van der Waals surface area contributed by atoms with Crippen LogP contribution in [0.4, 0.5) is 0 Å². The van der Waals surface area contributed by atoms with E-state index in [0.29, 0.717) is 5.91 Å². The number of rotatable bonds is 7. The molecule has 0 bridgehead atoms. The van der Waals surface area contributed by atoms with E-state index >= 15 is 0 Å². The molecule has 0 saturated carbocycles. The van der Waals surface area contributed by atoms with Gasteiger partial charge in [-0.15, -0.1) is 0 Å². The molecule has 0 aromatic heterocycles. The number of nitrogens with zero attached hydrogens (tertiary/aromatic N) is 2. The number of hydrogen-bond acceptors (Lipinski definition) is 3. The molecular weight excluding hydrogens is 274 g/mol. The summed E-state index contributed by atoms with van der Waals surface area (Å²) in [6, 6.07) is 0. The Bertz CT molecular complexity index is 316. The van der Waals surface area contributed by atoms with Gasteiger partial charge in [0.1, 0.15) is 0 Å². The fraction of sp³-hybridized carbons (Fsp3) is 0.944. The van der Waals surface area contributed by atoms with Crippen LogP contribution in [0.5, 0.6) is 0 Å². The van der Waals surface area contributed by atoms with Crippen LogP contribution < -0.4 is 5.32 Å². The highest BCUT2D eigenvalue weighted by atomic mass is 16.2. The molecule has 2 aliphatic heterocycles. The third-order valence-electron chi connectivity index (χ3n) is 5.60. The van der Waals surface area contributed by atoms with E-state index in [1.54, 1.807) is 0 Å². The van der Waals surface area contributed by atoms with Crippen LogP contribution in [0.25, 0.3) is 0 Å². The van der Waals surface area contributed by atoms with E-state index in [4.69, 9.17) is 0 Å². The molecule has 0 spiro atoms. The van der Waals surface area contributed by atoms with Crippen molar-refractivity contribution in [1.82, 2.24) is 15.1 Å². The first-order valence-electron chi connectivity index (χ1n) is 9.43. The van der Waals surface area contributed by atoms with Gasteiger partial charge in [-0.3, -0.25) is 4.79 Å². The summed E-state index contributed by atoms with van der Waals surface area (Å²) in [4.78, 5) is 17.0. The Hall–Kier alpha value is -0.610. The van der Waals surface area contributed by atoms with Gasteiger partial charge in [-0.05, 0) is 70.1 Å². The zero-order chi connectivity index (χ0) is 15.8. The average Bonchev–Trinajstić information content (AvgIpc) is 2.59. The zero-order valence-electron chi connectivity index (χ0n) is 14.6. The molecule has 0 atom stereocenters. The Balaban J connectivity index is 1.64. The standard InChI is InChI=1S/C18H35N3O/c1-3-20(4-2)15-17-9-13-21(14-10-17)18(22)6-5-16-7-11-19-12-8-16/h16-17,19H,3-15H2,1-2H3. The van der Waals surface area contributed by atoms with E-state index in [1.807, 2.05) is 0 Å². The minimum Gasteiger partial charge on any atom is -0.343 e. The van der Waals surface area contributed by atoms with E-state index in [0.717, 1.165) is 63.9 Å². The van der Waals surface area contributed by atoms with Crippen LogP contribution in [0.2, 0.25) is 0 Å². The van der Waals surface area contributed by atoms with E-state index in [9.17, 15) is 4.79 Å². The highest BCUT2D eigenvalue weighted by Crippen LogP contribution is 2.22. The smallest absolute Gasteiger partial charge is 0.222 e. The van der Waals surface area contributed by atoms with Gasteiger partial charge in [0, 0.05) is 26.1 Å². The summed E-state index contributed by atoms with van der Waals surface area (Å²) >= 11 is 0. The maximum Gasteiger partial charge on any atom is 0.222 e. The molecule has 2 fully saturated rings. The number of amides is 1. The molecule has 0 radical (unpaired) electrons. The number of piperidine rings is 2. The molecule has 0 aromatic carbocycles. The lowest BCUT2D eigenvalue weighted by atomic mass is 9.92. The number of carbonyl (C=O) groups is 1. The summed E-state index contributed by atoms with van der Waals surface area (Å²) in [6.07, 6.45) is 6.74. The SMILES string of the molecule is CCN(CC)CC1CCN(C(=O)CCC2CCNCC2)CC1. The number of likely N-dealkylation sites (tertiary alicyclic amines) is 1. The maximum atomic E-state index is 12.4. The molecule has 128 valence electrons. The Kier molecular flexibility index (Phi) is 7.67. The van der Waals surface area contributed by atoms with E-state index in [2.05, 4.69) is 29.0 Å². The normalized spacial score (nSPS) is 21.5. The molecule has 2 rings (SSSR count). The molecular formula is C18H35N3O. The van der Waals surface area contributed by atoms with Crippen LogP contribution in [-0.4, -0.2) is 61.5 Å². The predicted molar refractivity (Wildman–Crippen MR) is 91.9 cm³/mol. The van der Waals surface area contributed by atoms with Crippen molar-refractivity contribution in [1.29, 1.82) is 0 Å². The molecule has 0 aromatic rings. The predicted octanol–water partition coefficient (Wildman–Crippen LogP) is 2.35. The van der Waals surface area contributed by atoms with E-state index in [1.165, 1.54) is 32.2 Å². The molecule has 4 nitrogen and oxygen atoms in total. The Morgan fingerprint density at radius 2 is 1.68 bits per heavy atom. The summed E-state index contributed by atoms with van der Waals surface area (Å²) in [5, 5.41) is 3.40. The van der Waals surface area contributed by atoms with Crippen LogP contribution in [0.3, 0.4) is 0 Å². The minimum atomic E-state index is 0.403. The van der Waals surface area contributed by atoms with Crippen LogP contribution in [0.15, 0.2) is 0 Å². The lowest BCUT2D eigenvalue weighted by Gasteiger charge is -2.34. The topological polar surface area (TPSA) is 35.6 Å². The molecule has 0 aliphatic carbocycles. The minimum absolute atomic E-state index is 0.403.